The van der Waals surface area contributed by atoms with Gasteiger partial charge in [0.2, 0.25) is 0 Å². The number of carbonyl (C=O) groups excluding carboxylic acids is 1. The number of hydrogen-bond acceptors (Lipinski definition) is 5. The van der Waals surface area contributed by atoms with Crippen LogP contribution in [0, 0.1) is 5.41 Å². The van der Waals surface area contributed by atoms with Gasteiger partial charge in [0, 0.05) is 29.9 Å². The van der Waals surface area contributed by atoms with Crippen LogP contribution in [0.5, 0.6) is 11.5 Å². The molecule has 1 saturated carbocycles. The highest BCUT2D eigenvalue weighted by molar-refractivity contribution is 6.03. The Labute approximate surface area is 148 Å². The van der Waals surface area contributed by atoms with Gasteiger partial charge in [0.1, 0.15) is 0 Å². The van der Waals surface area contributed by atoms with Gasteiger partial charge in [0.15, 0.2) is 17.3 Å². The van der Waals surface area contributed by atoms with Crippen molar-refractivity contribution >= 4 is 11.5 Å². The predicted octanol–water partition coefficient (Wildman–Crippen LogP) is 2.41. The Morgan fingerprint density at radius 1 is 1.24 bits per heavy atom. The Hall–Kier alpha value is -2.01. The fraction of sp³-hybridized carbons (Fsp3) is 0.550. The Kier molecular flexibility index (Phi) is 3.80. The highest BCUT2D eigenvalue weighted by Crippen LogP contribution is 2.49. The number of methoxy groups -OCH3 is 2. The largest absolute Gasteiger partial charge is 0.493 e. The van der Waals surface area contributed by atoms with Crippen LogP contribution < -0.4 is 9.47 Å². The zero-order valence-electron chi connectivity index (χ0n) is 15.0. The third-order valence-electron chi connectivity index (χ3n) is 6.25. The number of benzene rings is 1. The number of fused-ring (bicyclic) bond motifs is 5. The fourth-order valence-electron chi connectivity index (χ4n) is 4.68. The molecule has 0 aromatic heterocycles. The number of rotatable bonds is 2. The lowest BCUT2D eigenvalue weighted by Crippen LogP contribution is -2.57. The first kappa shape index (κ1) is 16.5. The minimum absolute atomic E-state index is 0.0602. The first-order valence-electron chi connectivity index (χ1n) is 8.94. The van der Waals surface area contributed by atoms with Gasteiger partial charge in [-0.3, -0.25) is 4.79 Å². The fourth-order valence-corrected chi connectivity index (χ4v) is 4.68. The molecule has 1 aromatic rings. The van der Waals surface area contributed by atoms with Crippen LogP contribution in [-0.2, 0) is 11.2 Å². The lowest BCUT2D eigenvalue weighted by atomic mass is 9.64. The molecule has 1 fully saturated rings. The topological polar surface area (TPSA) is 59.0 Å². The number of aliphatic hydroxyl groups is 1. The van der Waals surface area contributed by atoms with Crippen LogP contribution in [0.4, 0.5) is 0 Å². The van der Waals surface area contributed by atoms with E-state index in [-0.39, 0.29) is 17.9 Å². The molecule has 3 atom stereocenters. The number of aliphatic hydroxyl groups excluding tert-OH is 1. The Morgan fingerprint density at radius 3 is 2.68 bits per heavy atom. The van der Waals surface area contributed by atoms with Gasteiger partial charge < -0.3 is 19.5 Å². The lowest BCUT2D eigenvalue weighted by molar-refractivity contribution is -0.131. The molecule has 0 amide bonds. The number of hydrogen-bond donors (Lipinski definition) is 1. The summed E-state index contributed by atoms with van der Waals surface area (Å²) in [5.41, 5.74) is 2.78. The standard InChI is InChI=1S/C20H25NO4/c1-20-6-4-13(22)9-18(20)21-7-5-12-8-16(24-2)17(25-3)10-14(12)15(21)11-19(20)23/h8,10-11,13,18,22H,4-7,9H2,1-3H3/t13-,18?,20?/m0/s1. The minimum atomic E-state index is -0.392. The predicted molar refractivity (Wildman–Crippen MR) is 94.7 cm³/mol. The summed E-state index contributed by atoms with van der Waals surface area (Å²) >= 11 is 0. The summed E-state index contributed by atoms with van der Waals surface area (Å²) in [7, 11) is 3.26. The molecule has 2 heterocycles. The van der Waals surface area contributed by atoms with E-state index in [1.54, 1.807) is 20.3 Å². The second kappa shape index (κ2) is 5.77. The quantitative estimate of drug-likeness (QED) is 0.894. The molecule has 0 bridgehead atoms. The van der Waals surface area contributed by atoms with Gasteiger partial charge in [-0.05, 0) is 43.4 Å². The van der Waals surface area contributed by atoms with Crippen molar-refractivity contribution in [3.05, 3.63) is 29.3 Å². The molecule has 0 spiro atoms. The van der Waals surface area contributed by atoms with Crippen LogP contribution in [0.2, 0.25) is 0 Å². The van der Waals surface area contributed by atoms with Gasteiger partial charge >= 0.3 is 0 Å². The van der Waals surface area contributed by atoms with E-state index in [0.29, 0.717) is 18.6 Å². The highest BCUT2D eigenvalue weighted by Gasteiger charge is 2.51. The Bertz CT molecular complexity index is 756. The maximum absolute atomic E-state index is 13.0. The van der Waals surface area contributed by atoms with E-state index in [1.165, 1.54) is 5.56 Å². The van der Waals surface area contributed by atoms with Crippen molar-refractivity contribution in [1.29, 1.82) is 0 Å². The molecule has 5 heteroatoms. The molecule has 2 aliphatic heterocycles. The summed E-state index contributed by atoms with van der Waals surface area (Å²) in [5.74, 6) is 1.57. The molecule has 0 saturated heterocycles. The Morgan fingerprint density at radius 2 is 1.96 bits per heavy atom. The summed E-state index contributed by atoms with van der Waals surface area (Å²) in [6.45, 7) is 2.91. The first-order chi connectivity index (χ1) is 12.0. The van der Waals surface area contributed by atoms with Crippen molar-refractivity contribution in [1.82, 2.24) is 4.90 Å². The van der Waals surface area contributed by atoms with Gasteiger partial charge in [-0.15, -0.1) is 0 Å². The smallest absolute Gasteiger partial charge is 0.165 e. The molecule has 4 rings (SSSR count). The molecule has 3 aliphatic rings. The van der Waals surface area contributed by atoms with Crippen LogP contribution in [0.1, 0.15) is 37.3 Å². The van der Waals surface area contributed by atoms with Crippen molar-refractivity contribution in [2.45, 2.75) is 44.8 Å². The molecule has 1 aliphatic carbocycles. The third-order valence-corrected chi connectivity index (χ3v) is 6.25. The second-order valence-electron chi connectivity index (χ2n) is 7.56. The van der Waals surface area contributed by atoms with E-state index in [4.69, 9.17) is 9.47 Å². The van der Waals surface area contributed by atoms with Gasteiger partial charge in [-0.25, -0.2) is 0 Å². The van der Waals surface area contributed by atoms with Gasteiger partial charge in [0.25, 0.3) is 0 Å². The molecular weight excluding hydrogens is 318 g/mol. The summed E-state index contributed by atoms with van der Waals surface area (Å²) in [5, 5.41) is 10.2. The van der Waals surface area contributed by atoms with Crippen LogP contribution in [0.15, 0.2) is 18.2 Å². The third kappa shape index (κ3) is 2.36. The first-order valence-corrected chi connectivity index (χ1v) is 8.94. The average molecular weight is 343 g/mol. The van der Waals surface area contributed by atoms with E-state index < -0.39 is 5.41 Å². The van der Waals surface area contributed by atoms with Crippen molar-refractivity contribution in [3.63, 3.8) is 0 Å². The molecule has 25 heavy (non-hydrogen) atoms. The van der Waals surface area contributed by atoms with Crippen LogP contribution in [0.3, 0.4) is 0 Å². The molecule has 134 valence electrons. The minimum Gasteiger partial charge on any atom is -0.493 e. The van der Waals surface area contributed by atoms with Gasteiger partial charge in [-0.2, -0.15) is 0 Å². The van der Waals surface area contributed by atoms with Crippen LogP contribution in [-0.4, -0.2) is 48.7 Å². The summed E-state index contributed by atoms with van der Waals surface area (Å²) in [4.78, 5) is 15.3. The van der Waals surface area contributed by atoms with E-state index in [9.17, 15) is 9.90 Å². The molecule has 1 aromatic carbocycles. The number of ketones is 1. The molecule has 1 N–H and O–H groups in total. The summed E-state index contributed by atoms with van der Waals surface area (Å²) < 4.78 is 10.9. The van der Waals surface area contributed by atoms with Crippen molar-refractivity contribution in [2.24, 2.45) is 5.41 Å². The lowest BCUT2D eigenvalue weighted by Gasteiger charge is -2.53. The Balaban J connectivity index is 1.83. The van der Waals surface area contributed by atoms with Crippen molar-refractivity contribution in [2.75, 3.05) is 20.8 Å². The van der Waals surface area contributed by atoms with E-state index in [1.807, 2.05) is 12.1 Å². The second-order valence-corrected chi connectivity index (χ2v) is 7.56. The molecule has 5 nitrogen and oxygen atoms in total. The maximum Gasteiger partial charge on any atom is 0.165 e. The average Bonchev–Trinajstić information content (AvgIpc) is 2.62. The van der Waals surface area contributed by atoms with E-state index in [0.717, 1.165) is 36.4 Å². The molecular formula is C20H25NO4. The maximum atomic E-state index is 13.0. The van der Waals surface area contributed by atoms with Crippen LogP contribution in [0.25, 0.3) is 5.70 Å². The van der Waals surface area contributed by atoms with Crippen molar-refractivity contribution in [3.8, 4) is 11.5 Å². The van der Waals surface area contributed by atoms with Crippen LogP contribution >= 0.6 is 0 Å². The van der Waals surface area contributed by atoms with E-state index >= 15 is 0 Å². The van der Waals surface area contributed by atoms with Gasteiger partial charge in [-0.1, -0.05) is 6.92 Å². The number of nitrogens with zero attached hydrogens (tertiary/aromatic N) is 1. The summed E-state index contributed by atoms with van der Waals surface area (Å²) in [6.07, 6.45) is 4.48. The number of carbonyl (C=O) groups is 1. The number of allylic oxidation sites excluding steroid dienone is 1. The molecule has 2 unspecified atom stereocenters. The zero-order chi connectivity index (χ0) is 17.8. The zero-order valence-corrected chi connectivity index (χ0v) is 15.0. The monoisotopic (exact) mass is 343 g/mol. The number of ether oxygens (including phenoxy) is 2. The highest BCUT2D eigenvalue weighted by atomic mass is 16.5. The van der Waals surface area contributed by atoms with E-state index in [2.05, 4.69) is 11.8 Å². The molecule has 0 radical (unpaired) electrons. The normalized spacial score (nSPS) is 30.8. The van der Waals surface area contributed by atoms with Gasteiger partial charge in [0.05, 0.1) is 25.7 Å². The SMILES string of the molecule is COc1cc2c(cc1OC)C1=CC(=O)C3(C)CC[C@H](O)CC3N1CC2. The summed E-state index contributed by atoms with van der Waals surface area (Å²) in [6, 6.07) is 4.05. The van der Waals surface area contributed by atoms with Crippen molar-refractivity contribution < 1.29 is 19.4 Å².